The standard InChI is InChI=1S/C17H11F3N6/c18-17(19,20)12-5-3-6-13(8-12)23-15-10-22-26-16(25-15)24-14-7-2-1-4-11(14)9-21/h1-8,10H,(H2,23,24,25,26). The molecule has 3 rings (SSSR count). The molecular weight excluding hydrogens is 345 g/mol. The summed E-state index contributed by atoms with van der Waals surface area (Å²) < 4.78 is 38.3. The Morgan fingerprint density at radius 2 is 1.81 bits per heavy atom. The van der Waals surface area contributed by atoms with E-state index in [1.165, 1.54) is 18.3 Å². The van der Waals surface area contributed by atoms with Crippen LogP contribution in [0.5, 0.6) is 0 Å². The molecule has 0 aliphatic heterocycles. The van der Waals surface area contributed by atoms with Crippen LogP contribution in [-0.4, -0.2) is 15.2 Å². The van der Waals surface area contributed by atoms with Crippen molar-refractivity contribution in [1.29, 1.82) is 5.26 Å². The molecule has 0 unspecified atom stereocenters. The van der Waals surface area contributed by atoms with Crippen molar-refractivity contribution in [1.82, 2.24) is 15.2 Å². The molecule has 0 radical (unpaired) electrons. The highest BCUT2D eigenvalue weighted by molar-refractivity contribution is 5.64. The quantitative estimate of drug-likeness (QED) is 0.727. The molecule has 2 aromatic carbocycles. The topological polar surface area (TPSA) is 86.5 Å². The van der Waals surface area contributed by atoms with E-state index >= 15 is 0 Å². The predicted molar refractivity (Wildman–Crippen MR) is 89.0 cm³/mol. The summed E-state index contributed by atoms with van der Waals surface area (Å²) >= 11 is 0. The maximum absolute atomic E-state index is 12.8. The van der Waals surface area contributed by atoms with Crippen LogP contribution in [0.15, 0.2) is 54.7 Å². The predicted octanol–water partition coefficient (Wildman–Crippen LogP) is 4.25. The smallest absolute Gasteiger partial charge is 0.339 e. The molecule has 0 aliphatic carbocycles. The molecule has 0 atom stereocenters. The second kappa shape index (κ2) is 7.06. The molecule has 0 aliphatic rings. The van der Waals surface area contributed by atoms with E-state index in [2.05, 4.69) is 25.8 Å². The SMILES string of the molecule is N#Cc1ccccc1Nc1nncc(Nc2cccc(C(F)(F)F)c2)n1. The van der Waals surface area contributed by atoms with E-state index in [0.717, 1.165) is 12.1 Å². The van der Waals surface area contributed by atoms with Crippen LogP contribution < -0.4 is 10.6 Å². The fraction of sp³-hybridized carbons (Fsp3) is 0.0588. The number of nitriles is 1. The summed E-state index contributed by atoms with van der Waals surface area (Å²) in [5.74, 6) is 0.306. The van der Waals surface area contributed by atoms with Crippen LogP contribution >= 0.6 is 0 Å². The van der Waals surface area contributed by atoms with E-state index < -0.39 is 11.7 Å². The average molecular weight is 356 g/mol. The molecule has 2 N–H and O–H groups in total. The van der Waals surface area contributed by atoms with Crippen LogP contribution in [0.2, 0.25) is 0 Å². The molecule has 3 aromatic rings. The zero-order valence-corrected chi connectivity index (χ0v) is 13.1. The highest BCUT2D eigenvalue weighted by Gasteiger charge is 2.30. The van der Waals surface area contributed by atoms with Crippen molar-refractivity contribution in [3.63, 3.8) is 0 Å². The molecular formula is C17H11F3N6. The van der Waals surface area contributed by atoms with Crippen molar-refractivity contribution in [2.24, 2.45) is 0 Å². The van der Waals surface area contributed by atoms with Gasteiger partial charge in [-0.25, -0.2) is 0 Å². The largest absolute Gasteiger partial charge is 0.416 e. The van der Waals surface area contributed by atoms with Crippen molar-refractivity contribution in [2.75, 3.05) is 10.6 Å². The van der Waals surface area contributed by atoms with E-state index in [4.69, 9.17) is 5.26 Å². The van der Waals surface area contributed by atoms with Crippen molar-refractivity contribution >= 4 is 23.1 Å². The van der Waals surface area contributed by atoms with Crippen molar-refractivity contribution in [2.45, 2.75) is 6.18 Å². The van der Waals surface area contributed by atoms with E-state index in [1.54, 1.807) is 24.3 Å². The zero-order valence-electron chi connectivity index (χ0n) is 13.1. The van der Waals surface area contributed by atoms with Gasteiger partial charge in [-0.15, -0.1) is 5.10 Å². The van der Waals surface area contributed by atoms with Crippen LogP contribution in [0.4, 0.5) is 36.3 Å². The van der Waals surface area contributed by atoms with E-state index in [9.17, 15) is 13.2 Å². The zero-order chi connectivity index (χ0) is 18.6. The summed E-state index contributed by atoms with van der Waals surface area (Å²) in [5, 5.41) is 22.3. The molecule has 1 heterocycles. The summed E-state index contributed by atoms with van der Waals surface area (Å²) in [7, 11) is 0. The van der Waals surface area contributed by atoms with Crippen LogP contribution in [0.3, 0.4) is 0 Å². The van der Waals surface area contributed by atoms with E-state index in [-0.39, 0.29) is 17.5 Å². The number of halogens is 3. The van der Waals surface area contributed by atoms with Gasteiger partial charge in [0, 0.05) is 5.69 Å². The fourth-order valence-corrected chi connectivity index (χ4v) is 2.15. The first-order chi connectivity index (χ1) is 12.5. The van der Waals surface area contributed by atoms with E-state index in [0.29, 0.717) is 11.3 Å². The Bertz CT molecular complexity index is 965. The molecule has 26 heavy (non-hydrogen) atoms. The second-order valence-electron chi connectivity index (χ2n) is 5.15. The molecule has 0 fully saturated rings. The molecule has 0 bridgehead atoms. The molecule has 1 aromatic heterocycles. The molecule has 130 valence electrons. The van der Waals surface area contributed by atoms with Gasteiger partial charge in [0.15, 0.2) is 5.82 Å². The van der Waals surface area contributed by atoms with Crippen LogP contribution in [0.1, 0.15) is 11.1 Å². The number of nitrogens with zero attached hydrogens (tertiary/aromatic N) is 4. The van der Waals surface area contributed by atoms with Crippen LogP contribution in [-0.2, 0) is 6.18 Å². The van der Waals surface area contributed by atoms with Crippen LogP contribution in [0, 0.1) is 11.3 Å². The van der Waals surface area contributed by atoms with Gasteiger partial charge in [0.2, 0.25) is 5.95 Å². The Kier molecular flexibility index (Phi) is 4.66. The Balaban J connectivity index is 1.81. The minimum Gasteiger partial charge on any atom is -0.339 e. The average Bonchev–Trinajstić information content (AvgIpc) is 2.62. The summed E-state index contributed by atoms with van der Waals surface area (Å²) in [4.78, 5) is 4.14. The summed E-state index contributed by atoms with van der Waals surface area (Å²) in [6.07, 6.45) is -3.16. The maximum Gasteiger partial charge on any atom is 0.416 e. The number of nitrogens with one attached hydrogen (secondary N) is 2. The number of aromatic nitrogens is 3. The van der Waals surface area contributed by atoms with Gasteiger partial charge in [0.05, 0.1) is 23.0 Å². The maximum atomic E-state index is 12.8. The van der Waals surface area contributed by atoms with Crippen LogP contribution in [0.25, 0.3) is 0 Å². The molecule has 0 saturated heterocycles. The summed E-state index contributed by atoms with van der Waals surface area (Å²) in [6, 6.07) is 13.5. The number of benzene rings is 2. The Labute approximate surface area is 146 Å². The third-order valence-corrected chi connectivity index (χ3v) is 3.32. The Morgan fingerprint density at radius 1 is 1.00 bits per heavy atom. The van der Waals surface area contributed by atoms with Gasteiger partial charge in [-0.1, -0.05) is 18.2 Å². The highest BCUT2D eigenvalue weighted by atomic mass is 19.4. The summed E-state index contributed by atoms with van der Waals surface area (Å²) in [6.45, 7) is 0. The normalized spacial score (nSPS) is 10.8. The van der Waals surface area contributed by atoms with Gasteiger partial charge in [-0.2, -0.15) is 28.5 Å². The first-order valence-corrected chi connectivity index (χ1v) is 7.36. The molecule has 0 amide bonds. The van der Waals surface area contributed by atoms with Gasteiger partial charge in [-0.05, 0) is 30.3 Å². The number of hydrogen-bond donors (Lipinski definition) is 2. The Hall–Kier alpha value is -3.67. The van der Waals surface area contributed by atoms with Gasteiger partial charge in [-0.3, -0.25) is 0 Å². The fourth-order valence-electron chi connectivity index (χ4n) is 2.15. The number of alkyl halides is 3. The molecule has 6 nitrogen and oxygen atoms in total. The second-order valence-corrected chi connectivity index (χ2v) is 5.15. The highest BCUT2D eigenvalue weighted by Crippen LogP contribution is 2.31. The van der Waals surface area contributed by atoms with E-state index in [1.807, 2.05) is 6.07 Å². The molecule has 0 spiro atoms. The van der Waals surface area contributed by atoms with Gasteiger partial charge in [0.25, 0.3) is 0 Å². The van der Waals surface area contributed by atoms with Crippen molar-refractivity contribution in [3.05, 3.63) is 65.9 Å². The third-order valence-electron chi connectivity index (χ3n) is 3.32. The molecule has 9 heteroatoms. The molecule has 0 saturated carbocycles. The number of para-hydroxylation sites is 1. The minimum atomic E-state index is -4.44. The first kappa shape index (κ1) is 17.2. The first-order valence-electron chi connectivity index (χ1n) is 7.36. The van der Waals surface area contributed by atoms with Crippen molar-refractivity contribution in [3.8, 4) is 6.07 Å². The lowest BCUT2D eigenvalue weighted by molar-refractivity contribution is -0.137. The van der Waals surface area contributed by atoms with Gasteiger partial charge >= 0.3 is 6.18 Å². The summed E-state index contributed by atoms with van der Waals surface area (Å²) in [5.41, 5.74) is 0.329. The third kappa shape index (κ3) is 4.05. The number of hydrogen-bond acceptors (Lipinski definition) is 6. The number of anilines is 4. The number of rotatable bonds is 4. The van der Waals surface area contributed by atoms with Gasteiger partial charge < -0.3 is 10.6 Å². The van der Waals surface area contributed by atoms with Crippen molar-refractivity contribution < 1.29 is 13.2 Å². The lowest BCUT2D eigenvalue weighted by Crippen LogP contribution is -2.06. The van der Waals surface area contributed by atoms with Gasteiger partial charge in [0.1, 0.15) is 6.07 Å². The Morgan fingerprint density at radius 3 is 2.58 bits per heavy atom. The lowest BCUT2D eigenvalue weighted by Gasteiger charge is -2.11. The lowest BCUT2D eigenvalue weighted by atomic mass is 10.2. The minimum absolute atomic E-state index is 0.102. The monoisotopic (exact) mass is 356 g/mol.